The number of ketones is 1. The summed E-state index contributed by atoms with van der Waals surface area (Å²) in [6.07, 6.45) is 5.25. The summed E-state index contributed by atoms with van der Waals surface area (Å²) < 4.78 is 10.8. The number of nitrogens with zero attached hydrogens (tertiary/aromatic N) is 3. The van der Waals surface area contributed by atoms with E-state index in [4.69, 9.17) is 32.7 Å². The molecule has 0 bridgehead atoms. The minimum Gasteiger partial charge on any atom is -0.381 e. The van der Waals surface area contributed by atoms with Gasteiger partial charge in [0.25, 0.3) is 0 Å². The second-order valence-electron chi connectivity index (χ2n) is 8.17. The Morgan fingerprint density at radius 2 is 2.06 bits per heavy atom. The predicted molar refractivity (Wildman–Crippen MR) is 123 cm³/mol. The van der Waals surface area contributed by atoms with E-state index in [1.807, 2.05) is 0 Å². The molecule has 0 aliphatic carbocycles. The van der Waals surface area contributed by atoms with E-state index in [2.05, 4.69) is 25.6 Å². The number of carbonyl (C=O) groups excluding carboxylic acids is 1. The molecule has 8 nitrogen and oxygen atoms in total. The Balaban J connectivity index is 1.50. The molecule has 4 rings (SSSR count). The Morgan fingerprint density at radius 1 is 1.25 bits per heavy atom. The van der Waals surface area contributed by atoms with Crippen molar-refractivity contribution in [1.29, 1.82) is 0 Å². The highest BCUT2D eigenvalue weighted by molar-refractivity contribution is 6.35. The first-order chi connectivity index (χ1) is 15.5. The van der Waals surface area contributed by atoms with Crippen molar-refractivity contribution in [3.05, 3.63) is 34.3 Å². The van der Waals surface area contributed by atoms with Crippen molar-refractivity contribution in [2.75, 3.05) is 45.3 Å². The lowest BCUT2D eigenvalue weighted by molar-refractivity contribution is -0.124. The normalized spacial score (nSPS) is 21.6. The van der Waals surface area contributed by atoms with E-state index in [9.17, 15) is 4.79 Å². The maximum Gasteiger partial charge on any atom is 0.155 e. The molecule has 0 unspecified atom stereocenters. The van der Waals surface area contributed by atoms with Gasteiger partial charge in [-0.1, -0.05) is 23.2 Å². The summed E-state index contributed by atoms with van der Waals surface area (Å²) in [7, 11) is 1.63. The summed E-state index contributed by atoms with van der Waals surface area (Å²) in [4.78, 5) is 26.1. The zero-order valence-electron chi connectivity index (χ0n) is 17.9. The molecule has 0 amide bonds. The standard InChI is InChI=1S/C22H27Cl2N5O3/c1-31-19-11-25-9-16(19)18(30)7-14-6-15(17(23)10-26-14)21-22(24)28-12-20(29-21)27-8-13-2-4-32-5-3-13/h6,10,12-13,16,19,25H,2-5,7-9,11H2,1H3,(H,27,29)/t16-,19+/m1/s1. The number of pyridine rings is 1. The molecule has 0 spiro atoms. The maximum atomic E-state index is 12.8. The SMILES string of the molecule is CO[C@H]1CNC[C@@H]1C(=O)Cc1cc(-c2nc(NCC3CCOCC3)cnc2Cl)c(Cl)cn1. The van der Waals surface area contributed by atoms with Crippen LogP contribution in [-0.2, 0) is 20.7 Å². The Morgan fingerprint density at radius 3 is 2.84 bits per heavy atom. The van der Waals surface area contributed by atoms with Crippen molar-refractivity contribution in [1.82, 2.24) is 20.3 Å². The van der Waals surface area contributed by atoms with Crippen LogP contribution >= 0.6 is 23.2 Å². The summed E-state index contributed by atoms with van der Waals surface area (Å²) in [5, 5.41) is 7.18. The van der Waals surface area contributed by atoms with Gasteiger partial charge in [0.1, 0.15) is 17.3 Å². The molecular formula is C22H27Cl2N5O3. The number of anilines is 1. The second-order valence-corrected chi connectivity index (χ2v) is 8.93. The third-order valence-electron chi connectivity index (χ3n) is 6.04. The Hall–Kier alpha value is -1.84. The minimum absolute atomic E-state index is 0.0756. The number of aromatic nitrogens is 3. The molecule has 2 saturated heterocycles. The second kappa shape index (κ2) is 10.9. The molecule has 4 heterocycles. The van der Waals surface area contributed by atoms with E-state index in [1.54, 1.807) is 19.4 Å². The van der Waals surface area contributed by atoms with Crippen molar-refractivity contribution in [3.8, 4) is 11.3 Å². The summed E-state index contributed by atoms with van der Waals surface area (Å²) in [6.45, 7) is 3.65. The summed E-state index contributed by atoms with van der Waals surface area (Å²) in [5.74, 6) is 1.04. The van der Waals surface area contributed by atoms with Gasteiger partial charge in [-0.25, -0.2) is 9.97 Å². The van der Waals surface area contributed by atoms with Crippen molar-refractivity contribution in [2.24, 2.45) is 11.8 Å². The molecule has 2 N–H and O–H groups in total. The molecule has 172 valence electrons. The van der Waals surface area contributed by atoms with Gasteiger partial charge in [0.05, 0.1) is 23.2 Å². The summed E-state index contributed by atoms with van der Waals surface area (Å²) in [5.41, 5.74) is 1.67. The van der Waals surface area contributed by atoms with E-state index in [1.165, 1.54) is 6.20 Å². The fourth-order valence-electron chi connectivity index (χ4n) is 4.12. The van der Waals surface area contributed by atoms with E-state index in [0.717, 1.165) is 32.6 Å². The number of halogens is 2. The first-order valence-electron chi connectivity index (χ1n) is 10.8. The molecule has 2 aromatic rings. The number of hydrogen-bond acceptors (Lipinski definition) is 8. The van der Waals surface area contributed by atoms with Crippen molar-refractivity contribution >= 4 is 34.8 Å². The van der Waals surface area contributed by atoms with Gasteiger partial charge in [0.15, 0.2) is 5.15 Å². The number of Topliss-reactive ketones (excluding diaryl/α,β-unsaturated/α-hetero) is 1. The van der Waals surface area contributed by atoms with Crippen LogP contribution in [-0.4, -0.2) is 66.8 Å². The van der Waals surface area contributed by atoms with Crippen LogP contribution in [0.15, 0.2) is 18.5 Å². The molecular weight excluding hydrogens is 453 g/mol. The van der Waals surface area contributed by atoms with E-state index in [-0.39, 0.29) is 29.4 Å². The van der Waals surface area contributed by atoms with Gasteiger partial charge in [-0.3, -0.25) is 9.78 Å². The lowest BCUT2D eigenvalue weighted by atomic mass is 9.96. The van der Waals surface area contributed by atoms with Gasteiger partial charge in [-0.15, -0.1) is 0 Å². The molecule has 2 aliphatic heterocycles. The fourth-order valence-corrected chi connectivity index (χ4v) is 4.51. The van der Waals surface area contributed by atoms with Crippen LogP contribution in [0.3, 0.4) is 0 Å². The zero-order chi connectivity index (χ0) is 22.5. The maximum absolute atomic E-state index is 12.8. The number of rotatable bonds is 8. The molecule has 0 aromatic carbocycles. The zero-order valence-corrected chi connectivity index (χ0v) is 19.5. The van der Waals surface area contributed by atoms with Crippen molar-refractivity contribution in [2.45, 2.75) is 25.4 Å². The number of carbonyl (C=O) groups is 1. The molecule has 2 atom stereocenters. The van der Waals surface area contributed by atoms with E-state index >= 15 is 0 Å². The first-order valence-corrected chi connectivity index (χ1v) is 11.6. The molecule has 2 aromatic heterocycles. The van der Waals surface area contributed by atoms with Crippen LogP contribution in [0, 0.1) is 11.8 Å². The van der Waals surface area contributed by atoms with Crippen LogP contribution in [0.4, 0.5) is 5.82 Å². The van der Waals surface area contributed by atoms with Crippen molar-refractivity contribution in [3.63, 3.8) is 0 Å². The minimum atomic E-state index is -0.193. The van der Waals surface area contributed by atoms with Crippen LogP contribution in [0.2, 0.25) is 10.2 Å². The smallest absolute Gasteiger partial charge is 0.155 e. The first kappa shape index (κ1) is 23.3. The summed E-state index contributed by atoms with van der Waals surface area (Å²) in [6, 6.07) is 1.77. The van der Waals surface area contributed by atoms with Gasteiger partial charge in [0, 0.05) is 63.8 Å². The Labute approximate surface area is 197 Å². The summed E-state index contributed by atoms with van der Waals surface area (Å²) >= 11 is 12.8. The predicted octanol–water partition coefficient (Wildman–Crippen LogP) is 3.03. The van der Waals surface area contributed by atoms with Gasteiger partial charge in [-0.05, 0) is 24.8 Å². The highest BCUT2D eigenvalue weighted by atomic mass is 35.5. The average molecular weight is 480 g/mol. The van der Waals surface area contributed by atoms with Gasteiger partial charge in [-0.2, -0.15) is 0 Å². The Kier molecular flexibility index (Phi) is 7.91. The van der Waals surface area contributed by atoms with Crippen LogP contribution in [0.1, 0.15) is 18.5 Å². The quantitative estimate of drug-likeness (QED) is 0.595. The molecule has 10 heteroatoms. The molecule has 2 fully saturated rings. The third kappa shape index (κ3) is 5.55. The topological polar surface area (TPSA) is 98.3 Å². The largest absolute Gasteiger partial charge is 0.381 e. The fraction of sp³-hybridized carbons (Fsp3) is 0.545. The van der Waals surface area contributed by atoms with E-state index in [0.29, 0.717) is 46.8 Å². The number of ether oxygens (including phenoxy) is 2. The van der Waals surface area contributed by atoms with E-state index < -0.39 is 0 Å². The van der Waals surface area contributed by atoms with Crippen LogP contribution in [0.5, 0.6) is 0 Å². The van der Waals surface area contributed by atoms with Gasteiger partial charge in [0.2, 0.25) is 0 Å². The average Bonchev–Trinajstić information content (AvgIpc) is 3.30. The molecule has 2 aliphatic rings. The lowest BCUT2D eigenvalue weighted by Gasteiger charge is -2.22. The molecule has 32 heavy (non-hydrogen) atoms. The van der Waals surface area contributed by atoms with Crippen LogP contribution < -0.4 is 10.6 Å². The number of nitrogens with one attached hydrogen (secondary N) is 2. The monoisotopic (exact) mass is 479 g/mol. The van der Waals surface area contributed by atoms with Crippen molar-refractivity contribution < 1.29 is 14.3 Å². The van der Waals surface area contributed by atoms with Gasteiger partial charge < -0.3 is 20.1 Å². The third-order valence-corrected chi connectivity index (χ3v) is 6.62. The Bertz CT molecular complexity index is 955. The number of methoxy groups -OCH3 is 1. The molecule has 0 radical (unpaired) electrons. The van der Waals surface area contributed by atoms with Crippen LogP contribution in [0.25, 0.3) is 11.3 Å². The highest BCUT2D eigenvalue weighted by Gasteiger charge is 2.32. The number of hydrogen-bond donors (Lipinski definition) is 2. The van der Waals surface area contributed by atoms with Gasteiger partial charge >= 0.3 is 0 Å². The lowest BCUT2D eigenvalue weighted by Crippen LogP contribution is -2.29. The molecule has 0 saturated carbocycles. The highest BCUT2D eigenvalue weighted by Crippen LogP contribution is 2.32.